The summed E-state index contributed by atoms with van der Waals surface area (Å²) < 4.78 is 19.3. The standard InChI is InChI=1S/B3H3.Ir/c1-3-2;/h1-3H;/i1T,2T,3T;. The number of rotatable bonds is 2. The van der Waals surface area contributed by atoms with Crippen LogP contribution in [0, 0.1) is 0 Å². The fourth-order valence-corrected chi connectivity index (χ4v) is 0. The molecule has 0 heterocycles. The first kappa shape index (κ1) is 2.10. The second kappa shape index (κ2) is 9.14. The normalized spacial score (nSPS) is 11.5. The van der Waals surface area contributed by atoms with Crippen LogP contribution < -0.4 is 0 Å². The second-order valence-electron chi connectivity index (χ2n) is 0.192. The molecule has 0 saturated carbocycles. The maximum atomic E-state index is 6.58. The summed E-state index contributed by atoms with van der Waals surface area (Å²) in [7, 11) is 1.06. The van der Waals surface area contributed by atoms with Crippen LogP contribution in [0.25, 0.3) is 0 Å². The van der Waals surface area contributed by atoms with Crippen molar-refractivity contribution in [3.63, 3.8) is 0 Å². The van der Waals surface area contributed by atoms with Gasteiger partial charge in [-0.1, -0.05) is 0 Å². The average molecular weight is 234 g/mol. The Bertz CT molecular complexity index is 29.4. The summed E-state index contributed by atoms with van der Waals surface area (Å²) in [5.41, 5.74) is 0. The summed E-state index contributed by atoms with van der Waals surface area (Å²) in [5.74, 6) is 0. The predicted molar refractivity (Wildman–Crippen MR) is 21.4 cm³/mol. The fraction of sp³-hybridized carbons (Fsp3) is 0. The van der Waals surface area contributed by atoms with Crippen LogP contribution in [0.15, 0.2) is 0 Å². The van der Waals surface area contributed by atoms with Crippen molar-refractivity contribution in [1.82, 2.24) is 0 Å². The average Bonchev–Trinajstić information content (AvgIpc) is 1.65. The topological polar surface area (TPSA) is 0 Å². The third-order valence-electron chi connectivity index (χ3n) is 0. The number of hydrogen-bond acceptors (Lipinski definition) is 0. The van der Waals surface area contributed by atoms with Crippen LogP contribution >= 0.6 is 0 Å². The van der Waals surface area contributed by atoms with Crippen LogP contribution in [0.4, 0.5) is 0 Å². The molecule has 0 rings (SSSR count). The van der Waals surface area contributed by atoms with Crippen LogP contribution in [-0.4, -0.2) is 26.4 Å². The van der Waals surface area contributed by atoms with Gasteiger partial charge in [0, 0.05) is 42.5 Å². The molecule has 0 amide bonds. The zero-order valence-electron chi connectivity index (χ0n) is 5.07. The van der Waals surface area contributed by atoms with Crippen molar-refractivity contribution < 1.29 is 20.1 Å². The van der Waals surface area contributed by atoms with Gasteiger partial charge in [0.15, 0.2) is 0 Å². The molecule has 0 aliphatic rings. The zero-order valence-corrected chi connectivity index (χ0v) is 4.46. The molecule has 0 spiro atoms. The molecule has 0 N–H and O–H groups in total. The Balaban J connectivity index is 0. The van der Waals surface area contributed by atoms with Gasteiger partial charge in [0.25, 0.3) is 0 Å². The quantitative estimate of drug-likeness (QED) is 0.487. The smallest absolute Gasteiger partial charge is 0.0379 e. The first-order valence-corrected chi connectivity index (χ1v) is 0.667. The Morgan fingerprint density at radius 2 is 2.50 bits per heavy atom. The van der Waals surface area contributed by atoms with Crippen LogP contribution in [0.1, 0.15) is 0 Å². The van der Waals surface area contributed by atoms with E-state index in [0.29, 0.717) is 0 Å². The largest absolute Gasteiger partial charge is 0.0379 e. The Labute approximate surface area is 47.2 Å². The minimum absolute atomic E-state index is 0. The van der Waals surface area contributed by atoms with E-state index >= 15 is 0 Å². The minimum atomic E-state index is -0.731. The van der Waals surface area contributed by atoms with Gasteiger partial charge < -0.3 is 0 Å². The van der Waals surface area contributed by atoms with Gasteiger partial charge in [0.1, 0.15) is 0 Å². The van der Waals surface area contributed by atoms with E-state index in [1.165, 1.54) is 0 Å². The Hall–Kier alpha value is 0.844. The molecular weight excluding hydrogens is 225 g/mol. The van der Waals surface area contributed by atoms with Crippen LogP contribution in [0.3, 0.4) is 0 Å². The van der Waals surface area contributed by atoms with E-state index in [1.807, 2.05) is 0 Å². The fourth-order valence-electron chi connectivity index (χ4n) is 0. The summed E-state index contributed by atoms with van der Waals surface area (Å²) in [5, 5.41) is 0. The zero-order chi connectivity index (χ0) is 4.99. The van der Waals surface area contributed by atoms with Crippen molar-refractivity contribution in [2.45, 2.75) is 0 Å². The first-order valence-electron chi connectivity index (χ1n) is 2.40. The monoisotopic (exact) mass is 235 g/mol. The third-order valence-corrected chi connectivity index (χ3v) is 0. The van der Waals surface area contributed by atoms with E-state index in [9.17, 15) is 0 Å². The van der Waals surface area contributed by atoms with Gasteiger partial charge in [0.05, 0.1) is 0 Å². The van der Waals surface area contributed by atoms with E-state index in [1.54, 1.807) is 0 Å². The Kier molecular flexibility index (Phi) is 4.79. The SMILES string of the molecule is [3H][B]B([3H])[B][3H].[Ir]. The molecule has 0 saturated heterocycles. The van der Waals surface area contributed by atoms with Crippen molar-refractivity contribution in [1.29, 1.82) is 4.01 Å². The molecule has 0 bridgehead atoms. The van der Waals surface area contributed by atoms with E-state index in [2.05, 4.69) is 0 Å². The van der Waals surface area contributed by atoms with E-state index in [-0.39, 0.29) is 20.1 Å². The minimum Gasteiger partial charge on any atom is -0.0379 e. The van der Waals surface area contributed by atoms with Gasteiger partial charge in [0.2, 0.25) is 0 Å². The summed E-state index contributed by atoms with van der Waals surface area (Å²) in [4.78, 5) is 0. The van der Waals surface area contributed by atoms with Crippen LogP contribution in [0.2, 0.25) is 0 Å². The Morgan fingerprint density at radius 3 is 2.50 bits per heavy atom. The van der Waals surface area contributed by atoms with Crippen molar-refractivity contribution in [3.8, 4) is 0 Å². The van der Waals surface area contributed by atoms with E-state index in [4.69, 9.17) is 4.01 Å². The second-order valence-corrected chi connectivity index (χ2v) is 0.192. The molecule has 21 valence electrons. The Morgan fingerprint density at radius 1 is 2.00 bits per heavy atom. The molecule has 0 atom stereocenters. The first-order chi connectivity index (χ1) is 2.81. The van der Waals surface area contributed by atoms with E-state index < -0.39 is 7.02 Å². The van der Waals surface area contributed by atoms with Crippen molar-refractivity contribution in [2.75, 3.05) is 0 Å². The van der Waals surface area contributed by atoms with Gasteiger partial charge in [-0.05, 0) is 4.01 Å². The maximum absolute atomic E-state index is 6.58. The number of hydrogen-bond donors (Lipinski definition) is 0. The third kappa shape index (κ3) is 13.6. The molecule has 4 heavy (non-hydrogen) atoms. The van der Waals surface area contributed by atoms with Gasteiger partial charge >= 0.3 is 0 Å². The van der Waals surface area contributed by atoms with Gasteiger partial charge in [-0.25, -0.2) is 0 Å². The van der Waals surface area contributed by atoms with Crippen LogP contribution in [-0.2, 0) is 20.1 Å². The molecule has 0 unspecified atom stereocenters. The van der Waals surface area contributed by atoms with Gasteiger partial charge in [-0.15, -0.1) is 0 Å². The summed E-state index contributed by atoms with van der Waals surface area (Å²) in [6.45, 7) is 0. The van der Waals surface area contributed by atoms with E-state index in [0.717, 1.165) is 15.4 Å². The summed E-state index contributed by atoms with van der Waals surface area (Å²) >= 11 is 0. The molecule has 0 aromatic rings. The molecule has 0 aliphatic heterocycles. The molecule has 0 fully saturated rings. The maximum Gasteiger partial charge on any atom is 0.0379 e. The summed E-state index contributed by atoms with van der Waals surface area (Å²) in [6.07, 6.45) is 0. The van der Waals surface area contributed by atoms with Gasteiger partial charge in [-0.3, -0.25) is 0 Å². The van der Waals surface area contributed by atoms with Crippen molar-refractivity contribution >= 4 is 22.4 Å². The molecule has 0 aliphatic carbocycles. The molecule has 0 aromatic carbocycles. The molecular formula is H3B3Ir. The van der Waals surface area contributed by atoms with Crippen molar-refractivity contribution in [3.05, 3.63) is 0 Å². The molecule has 4 heteroatoms. The summed E-state index contributed by atoms with van der Waals surface area (Å²) in [6, 6.07) is 0. The van der Waals surface area contributed by atoms with Gasteiger partial charge in [-0.2, -0.15) is 0 Å². The van der Waals surface area contributed by atoms with Crippen molar-refractivity contribution in [2.24, 2.45) is 0 Å². The predicted octanol–water partition coefficient (Wildman–Crippen LogP) is -1.95. The molecule has 0 aromatic heterocycles. The molecule has 0 nitrogen and oxygen atoms in total. The van der Waals surface area contributed by atoms with Crippen LogP contribution in [0.5, 0.6) is 0 Å². The molecule has 3 radical (unpaired) electrons.